The van der Waals surface area contributed by atoms with E-state index in [1.807, 2.05) is 0 Å². The Kier molecular flexibility index (Phi) is 3.31. The van der Waals surface area contributed by atoms with Gasteiger partial charge in [-0.05, 0) is 13.0 Å². The molecule has 0 aliphatic carbocycles. The van der Waals surface area contributed by atoms with Crippen molar-refractivity contribution in [2.75, 3.05) is 19.7 Å². The van der Waals surface area contributed by atoms with Gasteiger partial charge in [0.2, 0.25) is 0 Å². The highest BCUT2D eigenvalue weighted by molar-refractivity contribution is 4.78. The van der Waals surface area contributed by atoms with Gasteiger partial charge in [-0.25, -0.2) is 0 Å². The molecule has 0 unspecified atom stereocenters. The van der Waals surface area contributed by atoms with Crippen molar-refractivity contribution in [2.45, 2.75) is 24.6 Å². The van der Waals surface area contributed by atoms with Crippen molar-refractivity contribution in [1.29, 1.82) is 0 Å². The second-order valence-corrected chi connectivity index (χ2v) is 3.13. The van der Waals surface area contributed by atoms with Gasteiger partial charge in [-0.2, -0.15) is 22.0 Å². The molecule has 0 radical (unpaired) electrons. The third-order valence-corrected chi connectivity index (χ3v) is 1.93. The Morgan fingerprint density at radius 3 is 2.29 bits per heavy atom. The molecule has 1 fully saturated rings. The van der Waals surface area contributed by atoms with Gasteiger partial charge in [0.1, 0.15) is 6.61 Å². The lowest BCUT2D eigenvalue weighted by Crippen LogP contribution is -2.42. The van der Waals surface area contributed by atoms with Gasteiger partial charge in [-0.1, -0.05) is 0 Å². The summed E-state index contributed by atoms with van der Waals surface area (Å²) in [6.45, 7) is -0.682. The number of alkyl halides is 5. The monoisotopic (exact) mass is 219 g/mol. The van der Waals surface area contributed by atoms with Crippen molar-refractivity contribution < 1.29 is 26.7 Å². The third-order valence-electron chi connectivity index (χ3n) is 1.93. The maximum atomic E-state index is 12.3. The summed E-state index contributed by atoms with van der Waals surface area (Å²) in [4.78, 5) is 0. The lowest BCUT2D eigenvalue weighted by Gasteiger charge is -2.21. The molecule has 1 atom stereocenters. The fraction of sp³-hybridized carbons (Fsp3) is 1.00. The van der Waals surface area contributed by atoms with Gasteiger partial charge in [0, 0.05) is 6.54 Å². The molecule has 84 valence electrons. The van der Waals surface area contributed by atoms with Crippen molar-refractivity contribution in [3.63, 3.8) is 0 Å². The van der Waals surface area contributed by atoms with Crippen molar-refractivity contribution >= 4 is 0 Å². The molecular weight excluding hydrogens is 209 g/mol. The van der Waals surface area contributed by atoms with Crippen LogP contribution in [0.4, 0.5) is 22.0 Å². The van der Waals surface area contributed by atoms with Crippen LogP contribution in [0.15, 0.2) is 0 Å². The van der Waals surface area contributed by atoms with Crippen LogP contribution >= 0.6 is 0 Å². The molecule has 0 aromatic carbocycles. The van der Waals surface area contributed by atoms with Crippen LogP contribution in [0.5, 0.6) is 0 Å². The van der Waals surface area contributed by atoms with Crippen molar-refractivity contribution in [3.8, 4) is 0 Å². The fourth-order valence-electron chi connectivity index (χ4n) is 1.07. The summed E-state index contributed by atoms with van der Waals surface area (Å²) < 4.78 is 64.1. The van der Waals surface area contributed by atoms with Crippen LogP contribution in [-0.4, -0.2) is 37.9 Å². The van der Waals surface area contributed by atoms with Crippen LogP contribution in [0.2, 0.25) is 0 Å². The predicted octanol–water partition coefficient (Wildman–Crippen LogP) is 1.56. The molecule has 0 spiro atoms. The van der Waals surface area contributed by atoms with Crippen LogP contribution in [0.1, 0.15) is 6.42 Å². The number of hydrogen-bond acceptors (Lipinski definition) is 2. The van der Waals surface area contributed by atoms with Crippen molar-refractivity contribution in [2.24, 2.45) is 0 Å². The van der Waals surface area contributed by atoms with E-state index < -0.39 is 24.8 Å². The number of rotatable bonds is 3. The van der Waals surface area contributed by atoms with Crippen molar-refractivity contribution in [1.82, 2.24) is 5.32 Å². The Morgan fingerprint density at radius 1 is 1.21 bits per heavy atom. The van der Waals surface area contributed by atoms with Crippen LogP contribution < -0.4 is 5.32 Å². The molecular formula is C7H10F5NO. The molecule has 0 aromatic rings. The molecule has 0 aromatic heterocycles. The second kappa shape index (κ2) is 3.98. The van der Waals surface area contributed by atoms with E-state index in [9.17, 15) is 22.0 Å². The standard InChI is InChI=1S/C7H10F5NO/c8-6(9,7(10,11)12)4-14-5-1-2-13-3-5/h5,13H,1-4H2/t5-/m1/s1. The third kappa shape index (κ3) is 2.78. The SMILES string of the molecule is FC(F)(F)C(F)(F)CO[C@@H]1CCNC1. The van der Waals surface area contributed by atoms with Crippen molar-refractivity contribution in [3.05, 3.63) is 0 Å². The first-order chi connectivity index (χ1) is 6.33. The summed E-state index contributed by atoms with van der Waals surface area (Å²) in [7, 11) is 0. The first-order valence-electron chi connectivity index (χ1n) is 4.10. The Hall–Kier alpha value is -0.430. The number of hydrogen-bond donors (Lipinski definition) is 1. The van der Waals surface area contributed by atoms with E-state index in [0.29, 0.717) is 19.5 Å². The molecule has 7 heteroatoms. The van der Waals surface area contributed by atoms with E-state index in [2.05, 4.69) is 10.1 Å². The Labute approximate surface area is 77.4 Å². The normalized spacial score (nSPS) is 24.2. The smallest absolute Gasteiger partial charge is 0.370 e. The van der Waals surface area contributed by atoms with Crippen LogP contribution in [0, 0.1) is 0 Å². The minimum Gasteiger partial charge on any atom is -0.370 e. The lowest BCUT2D eigenvalue weighted by molar-refractivity contribution is -0.299. The van der Waals surface area contributed by atoms with E-state index in [4.69, 9.17) is 0 Å². The highest BCUT2D eigenvalue weighted by Gasteiger charge is 2.57. The maximum absolute atomic E-state index is 12.3. The fourth-order valence-corrected chi connectivity index (χ4v) is 1.07. The van der Waals surface area contributed by atoms with E-state index in [1.165, 1.54) is 0 Å². The Balaban J connectivity index is 2.35. The molecule has 1 aliphatic rings. The zero-order valence-corrected chi connectivity index (χ0v) is 7.20. The largest absolute Gasteiger partial charge is 0.455 e. The molecule has 0 bridgehead atoms. The first-order valence-corrected chi connectivity index (χ1v) is 4.10. The van der Waals surface area contributed by atoms with Crippen LogP contribution in [-0.2, 0) is 4.74 Å². The molecule has 1 N–H and O–H groups in total. The zero-order chi connectivity index (χ0) is 10.8. The summed E-state index contributed by atoms with van der Waals surface area (Å²) in [6.07, 6.45) is -5.60. The highest BCUT2D eigenvalue weighted by atomic mass is 19.4. The molecule has 1 aliphatic heterocycles. The number of ether oxygens (including phenoxy) is 1. The Morgan fingerprint density at radius 2 is 1.86 bits per heavy atom. The number of nitrogens with one attached hydrogen (secondary N) is 1. The minimum atomic E-state index is -5.53. The zero-order valence-electron chi connectivity index (χ0n) is 7.20. The maximum Gasteiger partial charge on any atom is 0.455 e. The van der Waals surface area contributed by atoms with E-state index in [1.54, 1.807) is 0 Å². The minimum absolute atomic E-state index is 0.327. The van der Waals surface area contributed by atoms with Gasteiger partial charge < -0.3 is 10.1 Å². The van der Waals surface area contributed by atoms with E-state index in [0.717, 1.165) is 0 Å². The van der Waals surface area contributed by atoms with Gasteiger partial charge >= 0.3 is 12.1 Å². The predicted molar refractivity (Wildman–Crippen MR) is 38.2 cm³/mol. The molecule has 14 heavy (non-hydrogen) atoms. The summed E-state index contributed by atoms with van der Waals surface area (Å²) in [5.74, 6) is -4.75. The molecule has 0 amide bonds. The van der Waals surface area contributed by atoms with Gasteiger partial charge in [0.25, 0.3) is 0 Å². The lowest BCUT2D eigenvalue weighted by atomic mass is 10.3. The van der Waals surface area contributed by atoms with Crippen LogP contribution in [0.25, 0.3) is 0 Å². The average Bonchev–Trinajstić information content (AvgIpc) is 2.50. The molecule has 1 saturated heterocycles. The first kappa shape index (κ1) is 11.6. The quantitative estimate of drug-likeness (QED) is 0.727. The second-order valence-electron chi connectivity index (χ2n) is 3.13. The highest BCUT2D eigenvalue weighted by Crippen LogP contribution is 2.35. The van der Waals surface area contributed by atoms with Gasteiger partial charge in [-0.3, -0.25) is 0 Å². The van der Waals surface area contributed by atoms with Gasteiger partial charge in [0.15, 0.2) is 0 Å². The number of halogens is 5. The van der Waals surface area contributed by atoms with Gasteiger partial charge in [0.05, 0.1) is 6.10 Å². The van der Waals surface area contributed by atoms with Gasteiger partial charge in [-0.15, -0.1) is 0 Å². The van der Waals surface area contributed by atoms with E-state index in [-0.39, 0.29) is 0 Å². The average molecular weight is 219 g/mol. The Bertz CT molecular complexity index is 187. The van der Waals surface area contributed by atoms with Crippen LogP contribution in [0.3, 0.4) is 0 Å². The topological polar surface area (TPSA) is 21.3 Å². The van der Waals surface area contributed by atoms with E-state index >= 15 is 0 Å². The summed E-state index contributed by atoms with van der Waals surface area (Å²) in [6, 6.07) is 0. The molecule has 1 heterocycles. The summed E-state index contributed by atoms with van der Waals surface area (Å²) >= 11 is 0. The summed E-state index contributed by atoms with van der Waals surface area (Å²) in [5.41, 5.74) is 0. The molecule has 1 rings (SSSR count). The molecule has 2 nitrogen and oxygen atoms in total. The summed E-state index contributed by atoms with van der Waals surface area (Å²) in [5, 5.41) is 2.80. The molecule has 0 saturated carbocycles.